The number of anilines is 1. The van der Waals surface area contributed by atoms with Gasteiger partial charge in [-0.15, -0.1) is 0 Å². The van der Waals surface area contributed by atoms with Gasteiger partial charge in [-0.05, 0) is 37.2 Å². The molecule has 0 unspecified atom stereocenters. The minimum Gasteiger partial charge on any atom is -0.497 e. The molecule has 0 aliphatic heterocycles. The third kappa shape index (κ3) is 5.09. The maximum atomic E-state index is 5.15. The molecule has 1 N–H and O–H groups in total. The Morgan fingerprint density at radius 1 is 1.24 bits per heavy atom. The minimum absolute atomic E-state index is 0.571. The Bertz CT molecular complexity index is 309. The monoisotopic (exact) mass is 236 g/mol. The molecular formula is C14H24N2O. The largest absolute Gasteiger partial charge is 0.497 e. The Kier molecular flexibility index (Phi) is 5.84. The van der Waals surface area contributed by atoms with Crippen LogP contribution in [-0.2, 0) is 0 Å². The molecule has 0 fully saturated rings. The van der Waals surface area contributed by atoms with Crippen LogP contribution in [0.15, 0.2) is 24.3 Å². The van der Waals surface area contributed by atoms with Crippen LogP contribution in [0.5, 0.6) is 5.75 Å². The SMILES string of the molecule is COc1ccc(N(C)CCCNC(C)C)cc1. The number of ether oxygens (including phenoxy) is 1. The molecule has 0 saturated carbocycles. The molecule has 0 aliphatic rings. The fourth-order valence-corrected chi connectivity index (χ4v) is 1.67. The molecule has 17 heavy (non-hydrogen) atoms. The standard InChI is InChI=1S/C14H24N2O/c1-12(2)15-10-5-11-16(3)13-6-8-14(17-4)9-7-13/h6-9,12,15H,5,10-11H2,1-4H3. The summed E-state index contributed by atoms with van der Waals surface area (Å²) in [6.07, 6.45) is 1.15. The van der Waals surface area contributed by atoms with E-state index in [-0.39, 0.29) is 0 Å². The molecule has 0 aromatic heterocycles. The summed E-state index contributed by atoms with van der Waals surface area (Å²) in [4.78, 5) is 2.27. The summed E-state index contributed by atoms with van der Waals surface area (Å²) in [5.74, 6) is 0.906. The van der Waals surface area contributed by atoms with Crippen molar-refractivity contribution >= 4 is 5.69 Å². The second-order valence-electron chi connectivity index (χ2n) is 4.58. The first-order chi connectivity index (χ1) is 8.13. The van der Waals surface area contributed by atoms with Crippen molar-refractivity contribution in [2.75, 3.05) is 32.1 Å². The minimum atomic E-state index is 0.571. The molecule has 3 heteroatoms. The average Bonchev–Trinajstić information content (AvgIpc) is 2.34. The van der Waals surface area contributed by atoms with Crippen LogP contribution in [0.4, 0.5) is 5.69 Å². The van der Waals surface area contributed by atoms with Gasteiger partial charge in [-0.1, -0.05) is 13.8 Å². The maximum absolute atomic E-state index is 5.15. The number of benzene rings is 1. The Labute approximate surface area is 105 Å². The van der Waals surface area contributed by atoms with E-state index in [9.17, 15) is 0 Å². The number of hydrogen-bond acceptors (Lipinski definition) is 3. The first kappa shape index (κ1) is 13.8. The van der Waals surface area contributed by atoms with E-state index in [4.69, 9.17) is 4.74 Å². The fraction of sp³-hybridized carbons (Fsp3) is 0.571. The van der Waals surface area contributed by atoms with Gasteiger partial charge < -0.3 is 15.0 Å². The highest BCUT2D eigenvalue weighted by Crippen LogP contribution is 2.17. The van der Waals surface area contributed by atoms with E-state index in [1.165, 1.54) is 5.69 Å². The highest BCUT2D eigenvalue weighted by Gasteiger charge is 2.01. The van der Waals surface area contributed by atoms with Crippen LogP contribution in [0.1, 0.15) is 20.3 Å². The van der Waals surface area contributed by atoms with E-state index in [1.54, 1.807) is 7.11 Å². The van der Waals surface area contributed by atoms with Gasteiger partial charge in [0.25, 0.3) is 0 Å². The Balaban J connectivity index is 2.33. The Morgan fingerprint density at radius 3 is 2.41 bits per heavy atom. The second kappa shape index (κ2) is 7.17. The molecule has 0 saturated heterocycles. The molecule has 0 spiro atoms. The molecule has 1 rings (SSSR count). The van der Waals surface area contributed by atoms with Crippen molar-refractivity contribution in [2.24, 2.45) is 0 Å². The summed E-state index contributed by atoms with van der Waals surface area (Å²) in [6, 6.07) is 8.75. The van der Waals surface area contributed by atoms with Crippen molar-refractivity contribution < 1.29 is 4.74 Å². The number of nitrogens with zero attached hydrogens (tertiary/aromatic N) is 1. The third-order valence-corrected chi connectivity index (χ3v) is 2.74. The number of hydrogen-bond donors (Lipinski definition) is 1. The van der Waals surface area contributed by atoms with Gasteiger partial charge in [0, 0.05) is 25.3 Å². The van der Waals surface area contributed by atoms with Gasteiger partial charge in [0.2, 0.25) is 0 Å². The zero-order valence-corrected chi connectivity index (χ0v) is 11.4. The predicted molar refractivity (Wildman–Crippen MR) is 74.0 cm³/mol. The Morgan fingerprint density at radius 2 is 1.88 bits per heavy atom. The first-order valence-corrected chi connectivity index (χ1v) is 6.22. The van der Waals surface area contributed by atoms with Crippen molar-refractivity contribution in [2.45, 2.75) is 26.3 Å². The van der Waals surface area contributed by atoms with Crippen LogP contribution in [0.25, 0.3) is 0 Å². The summed E-state index contributed by atoms with van der Waals surface area (Å²) >= 11 is 0. The van der Waals surface area contributed by atoms with Gasteiger partial charge in [0.15, 0.2) is 0 Å². The van der Waals surface area contributed by atoms with Crippen LogP contribution in [0.2, 0.25) is 0 Å². The van der Waals surface area contributed by atoms with E-state index in [1.807, 2.05) is 12.1 Å². The van der Waals surface area contributed by atoms with Crippen LogP contribution >= 0.6 is 0 Å². The summed E-state index contributed by atoms with van der Waals surface area (Å²) < 4.78 is 5.15. The molecule has 0 aliphatic carbocycles. The predicted octanol–water partition coefficient (Wildman–Crippen LogP) is 2.52. The number of methoxy groups -OCH3 is 1. The van der Waals surface area contributed by atoms with E-state index >= 15 is 0 Å². The smallest absolute Gasteiger partial charge is 0.119 e. The maximum Gasteiger partial charge on any atom is 0.119 e. The summed E-state index contributed by atoms with van der Waals surface area (Å²) in [7, 11) is 3.81. The van der Waals surface area contributed by atoms with E-state index in [2.05, 4.69) is 43.2 Å². The third-order valence-electron chi connectivity index (χ3n) is 2.74. The molecule has 0 heterocycles. The van der Waals surface area contributed by atoms with Crippen molar-refractivity contribution in [1.82, 2.24) is 5.32 Å². The van der Waals surface area contributed by atoms with Gasteiger partial charge in [0.1, 0.15) is 5.75 Å². The van der Waals surface area contributed by atoms with Gasteiger partial charge >= 0.3 is 0 Å². The molecule has 1 aromatic carbocycles. The summed E-state index contributed by atoms with van der Waals surface area (Å²) in [6.45, 7) is 6.48. The van der Waals surface area contributed by atoms with Crippen molar-refractivity contribution in [3.05, 3.63) is 24.3 Å². The first-order valence-electron chi connectivity index (χ1n) is 6.22. The summed E-state index contributed by atoms with van der Waals surface area (Å²) in [5.41, 5.74) is 1.23. The second-order valence-corrected chi connectivity index (χ2v) is 4.58. The van der Waals surface area contributed by atoms with Crippen LogP contribution < -0.4 is 15.0 Å². The topological polar surface area (TPSA) is 24.5 Å². The lowest BCUT2D eigenvalue weighted by molar-refractivity contribution is 0.415. The zero-order valence-electron chi connectivity index (χ0n) is 11.4. The number of rotatable bonds is 7. The lowest BCUT2D eigenvalue weighted by Crippen LogP contribution is -2.27. The molecule has 0 bridgehead atoms. The molecular weight excluding hydrogens is 212 g/mol. The van der Waals surface area contributed by atoms with Crippen molar-refractivity contribution in [3.8, 4) is 5.75 Å². The fourth-order valence-electron chi connectivity index (χ4n) is 1.67. The highest BCUT2D eigenvalue weighted by atomic mass is 16.5. The molecule has 1 aromatic rings. The highest BCUT2D eigenvalue weighted by molar-refractivity contribution is 5.48. The lowest BCUT2D eigenvalue weighted by Gasteiger charge is -2.20. The van der Waals surface area contributed by atoms with Gasteiger partial charge in [-0.3, -0.25) is 0 Å². The van der Waals surface area contributed by atoms with Gasteiger partial charge in [0.05, 0.1) is 7.11 Å². The molecule has 0 radical (unpaired) electrons. The molecule has 3 nitrogen and oxygen atoms in total. The van der Waals surface area contributed by atoms with Crippen molar-refractivity contribution in [3.63, 3.8) is 0 Å². The van der Waals surface area contributed by atoms with Crippen molar-refractivity contribution in [1.29, 1.82) is 0 Å². The van der Waals surface area contributed by atoms with Gasteiger partial charge in [-0.25, -0.2) is 0 Å². The molecule has 0 amide bonds. The van der Waals surface area contributed by atoms with E-state index in [0.29, 0.717) is 6.04 Å². The molecule has 0 atom stereocenters. The quantitative estimate of drug-likeness (QED) is 0.736. The summed E-state index contributed by atoms with van der Waals surface area (Å²) in [5, 5.41) is 3.42. The van der Waals surface area contributed by atoms with Gasteiger partial charge in [-0.2, -0.15) is 0 Å². The van der Waals surface area contributed by atoms with Crippen LogP contribution in [0, 0.1) is 0 Å². The lowest BCUT2D eigenvalue weighted by atomic mass is 10.2. The van der Waals surface area contributed by atoms with E-state index < -0.39 is 0 Å². The Hall–Kier alpha value is -1.22. The zero-order chi connectivity index (χ0) is 12.7. The van der Waals surface area contributed by atoms with Crippen LogP contribution in [0.3, 0.4) is 0 Å². The normalized spacial score (nSPS) is 10.6. The van der Waals surface area contributed by atoms with E-state index in [0.717, 1.165) is 25.3 Å². The molecule has 96 valence electrons. The van der Waals surface area contributed by atoms with Crippen LogP contribution in [-0.4, -0.2) is 33.3 Å². The number of nitrogens with one attached hydrogen (secondary N) is 1. The average molecular weight is 236 g/mol.